The molecule has 8 nitrogen and oxygen atoms in total. The van der Waals surface area contributed by atoms with Crippen LogP contribution >= 0.6 is 34.3 Å². The standard InChI is InChI=1S/C24H26ClN5O3S3/c1-16-14-17(2)22-19(15-16)34-24(27-22)29(13-12-28-10-5-9-26-28)23(31)18-6-3-4-11-30(18)36(32,33)21-8-7-20(25)35-21/h5,7-10,14-15,18H,3-4,6,11-13H2,1-2H3. The number of benzene rings is 1. The molecule has 4 heterocycles. The fourth-order valence-corrected chi connectivity index (χ4v) is 9.02. The Balaban J connectivity index is 1.52. The van der Waals surface area contributed by atoms with E-state index in [1.165, 1.54) is 21.7 Å². The number of nitrogens with zero attached hydrogens (tertiary/aromatic N) is 5. The van der Waals surface area contributed by atoms with Crippen molar-refractivity contribution in [2.45, 2.75) is 49.9 Å². The molecule has 1 fully saturated rings. The number of hydrogen-bond donors (Lipinski definition) is 0. The fourth-order valence-electron chi connectivity index (χ4n) is 4.58. The summed E-state index contributed by atoms with van der Waals surface area (Å²) < 4.78 is 31.7. The van der Waals surface area contributed by atoms with Crippen molar-refractivity contribution in [2.75, 3.05) is 18.0 Å². The zero-order valence-electron chi connectivity index (χ0n) is 19.9. The molecular weight excluding hydrogens is 538 g/mol. The van der Waals surface area contributed by atoms with Gasteiger partial charge in [-0.1, -0.05) is 35.4 Å². The monoisotopic (exact) mass is 563 g/mol. The van der Waals surface area contributed by atoms with Crippen molar-refractivity contribution in [3.05, 3.63) is 58.2 Å². The van der Waals surface area contributed by atoms with Crippen LogP contribution in [0.5, 0.6) is 0 Å². The third-order valence-electron chi connectivity index (χ3n) is 6.28. The summed E-state index contributed by atoms with van der Waals surface area (Å²) in [5.74, 6) is -0.262. The minimum absolute atomic E-state index is 0.154. The van der Waals surface area contributed by atoms with E-state index < -0.39 is 16.1 Å². The Morgan fingerprint density at radius 2 is 2.06 bits per heavy atom. The number of fused-ring (bicyclic) bond motifs is 1. The van der Waals surface area contributed by atoms with E-state index >= 15 is 0 Å². The number of amides is 1. The molecule has 1 aliphatic heterocycles. The summed E-state index contributed by atoms with van der Waals surface area (Å²) in [5.41, 5.74) is 3.03. The molecular formula is C24H26ClN5O3S3. The highest BCUT2D eigenvalue weighted by molar-refractivity contribution is 7.91. The van der Waals surface area contributed by atoms with Crippen LogP contribution in [0.1, 0.15) is 30.4 Å². The van der Waals surface area contributed by atoms with Gasteiger partial charge in [0, 0.05) is 25.5 Å². The summed E-state index contributed by atoms with van der Waals surface area (Å²) in [6.07, 6.45) is 5.47. The van der Waals surface area contributed by atoms with E-state index in [0.29, 0.717) is 41.9 Å². The molecule has 4 aromatic rings. The Morgan fingerprint density at radius 1 is 1.22 bits per heavy atom. The molecule has 5 rings (SSSR count). The fraction of sp³-hybridized carbons (Fsp3) is 0.375. The van der Waals surface area contributed by atoms with Gasteiger partial charge in [0.2, 0.25) is 5.91 Å². The van der Waals surface area contributed by atoms with Gasteiger partial charge in [-0.05, 0) is 62.1 Å². The van der Waals surface area contributed by atoms with Gasteiger partial charge in [-0.15, -0.1) is 11.3 Å². The average Bonchev–Trinajstić information content (AvgIpc) is 3.60. The van der Waals surface area contributed by atoms with E-state index in [2.05, 4.69) is 17.2 Å². The normalized spacial score (nSPS) is 17.0. The maximum atomic E-state index is 14.1. The first-order valence-electron chi connectivity index (χ1n) is 11.7. The quantitative estimate of drug-likeness (QED) is 0.312. The van der Waals surface area contributed by atoms with Crippen LogP contribution in [-0.2, 0) is 21.4 Å². The van der Waals surface area contributed by atoms with Gasteiger partial charge < -0.3 is 0 Å². The van der Waals surface area contributed by atoms with Crippen molar-refractivity contribution in [1.82, 2.24) is 19.1 Å². The molecule has 0 bridgehead atoms. The number of aryl methyl sites for hydroxylation is 2. The first-order valence-corrected chi connectivity index (χ1v) is 15.1. The molecule has 0 N–H and O–H groups in total. The second kappa shape index (κ2) is 10.2. The summed E-state index contributed by atoms with van der Waals surface area (Å²) >= 11 is 8.50. The van der Waals surface area contributed by atoms with Crippen LogP contribution in [0.25, 0.3) is 10.2 Å². The third kappa shape index (κ3) is 4.95. The molecule has 190 valence electrons. The molecule has 0 radical (unpaired) electrons. The summed E-state index contributed by atoms with van der Waals surface area (Å²) in [4.78, 5) is 20.6. The van der Waals surface area contributed by atoms with E-state index in [4.69, 9.17) is 16.6 Å². The molecule has 0 aliphatic carbocycles. The predicted octanol–water partition coefficient (Wildman–Crippen LogP) is 5.10. The lowest BCUT2D eigenvalue weighted by atomic mass is 10.0. The highest BCUT2D eigenvalue weighted by Crippen LogP contribution is 2.35. The predicted molar refractivity (Wildman–Crippen MR) is 145 cm³/mol. The van der Waals surface area contributed by atoms with Gasteiger partial charge >= 0.3 is 0 Å². The molecule has 1 aliphatic rings. The lowest BCUT2D eigenvalue weighted by Crippen LogP contribution is -2.53. The first kappa shape index (κ1) is 25.3. The van der Waals surface area contributed by atoms with E-state index in [1.807, 2.05) is 26.1 Å². The lowest BCUT2D eigenvalue weighted by molar-refractivity contribution is -0.123. The van der Waals surface area contributed by atoms with Gasteiger partial charge in [0.05, 0.1) is 21.1 Å². The number of anilines is 1. The molecule has 12 heteroatoms. The minimum Gasteiger partial charge on any atom is -0.285 e. The van der Waals surface area contributed by atoms with Gasteiger partial charge in [0.1, 0.15) is 10.3 Å². The van der Waals surface area contributed by atoms with Gasteiger partial charge in [0.25, 0.3) is 10.0 Å². The number of carbonyl (C=O) groups is 1. The van der Waals surface area contributed by atoms with Crippen LogP contribution < -0.4 is 4.90 Å². The summed E-state index contributed by atoms with van der Waals surface area (Å²) in [5, 5.41) is 4.83. The minimum atomic E-state index is -3.86. The molecule has 1 atom stereocenters. The molecule has 1 saturated heterocycles. The van der Waals surface area contributed by atoms with Crippen LogP contribution in [-0.4, -0.2) is 52.5 Å². The van der Waals surface area contributed by atoms with Crippen molar-refractivity contribution in [3.63, 3.8) is 0 Å². The van der Waals surface area contributed by atoms with Crippen molar-refractivity contribution in [2.24, 2.45) is 0 Å². The number of piperidine rings is 1. The van der Waals surface area contributed by atoms with Gasteiger partial charge in [-0.2, -0.15) is 9.40 Å². The molecule has 0 saturated carbocycles. The van der Waals surface area contributed by atoms with Crippen molar-refractivity contribution in [3.8, 4) is 0 Å². The first-order chi connectivity index (χ1) is 17.2. The number of carbonyl (C=O) groups excluding carboxylic acids is 1. The van der Waals surface area contributed by atoms with E-state index in [1.54, 1.807) is 21.8 Å². The number of rotatable bonds is 7. The number of hydrogen-bond acceptors (Lipinski definition) is 7. The smallest absolute Gasteiger partial charge is 0.253 e. The van der Waals surface area contributed by atoms with Crippen LogP contribution in [0.4, 0.5) is 5.13 Å². The Hall–Kier alpha value is -2.31. The Kier molecular flexibility index (Phi) is 7.19. The number of thiazole rings is 1. The zero-order valence-corrected chi connectivity index (χ0v) is 23.1. The SMILES string of the molecule is Cc1cc(C)c2nc(N(CCn3cccn3)C(=O)C3CCCCN3S(=O)(=O)c3ccc(Cl)s3)sc2c1. The van der Waals surface area contributed by atoms with Gasteiger partial charge in [-0.3, -0.25) is 14.4 Å². The van der Waals surface area contributed by atoms with E-state index in [0.717, 1.165) is 39.1 Å². The topological polar surface area (TPSA) is 88.4 Å². The highest BCUT2D eigenvalue weighted by atomic mass is 35.5. The Labute approximate surface area is 223 Å². The summed E-state index contributed by atoms with van der Waals surface area (Å²) in [6.45, 7) is 5.13. The van der Waals surface area contributed by atoms with Crippen LogP contribution in [0.3, 0.4) is 0 Å². The second-order valence-corrected chi connectivity index (χ2v) is 13.7. The number of thiophene rings is 1. The Bertz CT molecular complexity index is 1500. The number of halogens is 1. The highest BCUT2D eigenvalue weighted by Gasteiger charge is 2.41. The molecule has 1 aromatic carbocycles. The number of aromatic nitrogens is 3. The number of sulfonamides is 1. The summed E-state index contributed by atoms with van der Waals surface area (Å²) in [6, 6.07) is 8.24. The van der Waals surface area contributed by atoms with Crippen molar-refractivity contribution in [1.29, 1.82) is 0 Å². The zero-order chi connectivity index (χ0) is 25.4. The van der Waals surface area contributed by atoms with Crippen molar-refractivity contribution >= 4 is 65.6 Å². The largest absolute Gasteiger partial charge is 0.285 e. The second-order valence-electron chi connectivity index (χ2n) is 8.87. The van der Waals surface area contributed by atoms with Gasteiger partial charge in [0.15, 0.2) is 5.13 Å². The van der Waals surface area contributed by atoms with Gasteiger partial charge in [-0.25, -0.2) is 13.4 Å². The summed E-state index contributed by atoms with van der Waals surface area (Å²) in [7, 11) is -3.86. The average molecular weight is 564 g/mol. The molecule has 1 unspecified atom stereocenters. The van der Waals surface area contributed by atoms with E-state index in [-0.39, 0.29) is 10.1 Å². The molecule has 36 heavy (non-hydrogen) atoms. The van der Waals surface area contributed by atoms with E-state index in [9.17, 15) is 13.2 Å². The van der Waals surface area contributed by atoms with Crippen molar-refractivity contribution < 1.29 is 13.2 Å². The maximum Gasteiger partial charge on any atom is 0.253 e. The lowest BCUT2D eigenvalue weighted by Gasteiger charge is -2.35. The van der Waals surface area contributed by atoms with Crippen LogP contribution in [0, 0.1) is 13.8 Å². The maximum absolute atomic E-state index is 14.1. The van der Waals surface area contributed by atoms with Crippen LogP contribution in [0.2, 0.25) is 4.34 Å². The molecule has 1 amide bonds. The van der Waals surface area contributed by atoms with Crippen LogP contribution in [0.15, 0.2) is 46.9 Å². The molecule has 3 aromatic heterocycles. The molecule has 0 spiro atoms. The third-order valence-corrected chi connectivity index (χ3v) is 10.9. The Morgan fingerprint density at radius 3 is 2.78 bits per heavy atom.